The van der Waals surface area contributed by atoms with E-state index in [2.05, 4.69) is 424 Å². The normalized spacial score (nSPS) is 14.3. The molecule has 0 radical (unpaired) electrons. The third kappa shape index (κ3) is 21.1. The number of nitrogens with zero attached hydrogens (tertiary/aromatic N) is 8. The smallest absolute Gasteiger partial charge is 0.213 e. The van der Waals surface area contributed by atoms with Gasteiger partial charge in [-0.3, -0.25) is 0 Å². The predicted octanol–water partition coefficient (Wildman–Crippen LogP) is 11.8. The largest absolute Gasteiger partial charge is 1.00 e. The minimum absolute atomic E-state index is 0. The third-order valence-corrected chi connectivity index (χ3v) is 21.7. The maximum absolute atomic E-state index is 2.40. The molecule has 12 aromatic rings. The van der Waals surface area contributed by atoms with Crippen LogP contribution in [0.2, 0.25) is 0 Å². The van der Waals surface area contributed by atoms with Crippen LogP contribution in [0.1, 0.15) is 152 Å². The van der Waals surface area contributed by atoms with Crippen LogP contribution in [0.3, 0.4) is 0 Å². The molecule has 8 nitrogen and oxygen atoms in total. The lowest BCUT2D eigenvalue weighted by Crippen LogP contribution is -3.00. The van der Waals surface area contributed by atoms with Crippen LogP contribution in [0.4, 0.5) is 22.7 Å². The molecular weight excluding hydrogens is 1710 g/mol. The lowest BCUT2D eigenvalue weighted by molar-refractivity contribution is -0.672. The molecule has 8 aromatic carbocycles. The molecule has 0 unspecified atom stereocenters. The predicted molar refractivity (Wildman–Crippen MR) is 471 cm³/mol. The Kier molecular flexibility index (Phi) is 33.8. The highest BCUT2D eigenvalue weighted by molar-refractivity contribution is 6.03. The summed E-state index contributed by atoms with van der Waals surface area (Å²) in [6.45, 7) is 30.6. The number of hydrogen-bond acceptors (Lipinski definition) is 4. The van der Waals surface area contributed by atoms with Crippen molar-refractivity contribution in [3.05, 3.63) is 337 Å². The number of rotatable bonds is 20. The van der Waals surface area contributed by atoms with E-state index in [1.165, 1.54) is 172 Å². The highest BCUT2D eigenvalue weighted by atomic mass is 127. The highest BCUT2D eigenvalue weighted by Gasteiger charge is 2.23. The summed E-state index contributed by atoms with van der Waals surface area (Å²) in [6.07, 6.45) is 43.3. The molecule has 0 spiro atoms. The van der Waals surface area contributed by atoms with Gasteiger partial charge in [0.1, 0.15) is 26.2 Å². The van der Waals surface area contributed by atoms with E-state index in [4.69, 9.17) is 0 Å². The second-order valence-corrected chi connectivity index (χ2v) is 29.9. The number of unbranched alkanes of at least 4 members (excludes halogenated alkanes) is 2. The summed E-state index contributed by atoms with van der Waals surface area (Å²) >= 11 is 0. The Labute approximate surface area is 730 Å². The van der Waals surface area contributed by atoms with Gasteiger partial charge in [-0.05, 0) is 194 Å². The highest BCUT2D eigenvalue weighted by Crippen LogP contribution is 2.40. The molecule has 16 rings (SSSR count). The van der Waals surface area contributed by atoms with Crippen LogP contribution in [0, 0.1) is 11.8 Å². The molecule has 0 saturated heterocycles. The van der Waals surface area contributed by atoms with Gasteiger partial charge in [0.15, 0.2) is 24.8 Å². The van der Waals surface area contributed by atoms with Gasteiger partial charge in [-0.15, -0.1) is 0 Å². The van der Waals surface area contributed by atoms with E-state index in [0.29, 0.717) is 11.8 Å². The van der Waals surface area contributed by atoms with Crippen molar-refractivity contribution < 1.29 is 95.6 Å². The molecule has 4 aliphatic heterocycles. The van der Waals surface area contributed by atoms with Crippen LogP contribution in [-0.4, -0.2) is 26.2 Å². The monoisotopic (exact) mass is 1820 g/mol. The van der Waals surface area contributed by atoms with Gasteiger partial charge in [0.05, 0.1) is 21.5 Å². The fourth-order valence-electron chi connectivity index (χ4n) is 15.5. The first-order chi connectivity index (χ1) is 54.0. The van der Waals surface area contributed by atoms with Gasteiger partial charge in [-0.2, -0.15) is 18.3 Å². The molecule has 4 aliphatic rings. The van der Waals surface area contributed by atoms with Crippen LogP contribution < -0.4 is 115 Å². The number of aromatic nitrogens is 4. The van der Waals surface area contributed by atoms with E-state index >= 15 is 0 Å². The summed E-state index contributed by atoms with van der Waals surface area (Å²) < 4.78 is 9.37. The maximum Gasteiger partial charge on any atom is 0.213 e. The minimum atomic E-state index is 0. The lowest BCUT2D eigenvalue weighted by Gasteiger charge is -2.28. The number of pyridine rings is 4. The molecular formula is C102H112BrClI2N8. The molecule has 0 saturated carbocycles. The minimum Gasteiger partial charge on any atom is -1.00 e. The molecule has 588 valence electrons. The number of anilines is 4. The van der Waals surface area contributed by atoms with Gasteiger partial charge in [0.25, 0.3) is 0 Å². The Morgan fingerprint density at radius 3 is 0.912 bits per heavy atom. The second-order valence-electron chi connectivity index (χ2n) is 29.9. The number of para-hydroxylation sites is 8. The van der Waals surface area contributed by atoms with Crippen molar-refractivity contribution in [3.8, 4) is 0 Å². The van der Waals surface area contributed by atoms with Crippen LogP contribution in [0.25, 0.3) is 90.2 Å². The number of halogens is 4. The fourth-order valence-corrected chi connectivity index (χ4v) is 15.5. The first kappa shape index (κ1) is 88.7. The van der Waals surface area contributed by atoms with Crippen LogP contribution in [0.5, 0.6) is 0 Å². The number of fused-ring (bicyclic) bond motifs is 8. The topological polar surface area (TPSA) is 28.5 Å². The number of benzene rings is 8. The van der Waals surface area contributed by atoms with Crippen molar-refractivity contribution in [2.45, 2.75) is 134 Å². The summed E-state index contributed by atoms with van der Waals surface area (Å²) in [5.74, 6) is 1.41. The first-order valence-corrected chi connectivity index (χ1v) is 40.7. The molecule has 0 bridgehead atoms. The summed E-state index contributed by atoms with van der Waals surface area (Å²) in [5, 5.41) is 5.22. The van der Waals surface area contributed by atoms with Gasteiger partial charge >= 0.3 is 0 Å². The Hall–Kier alpha value is -9.25. The van der Waals surface area contributed by atoms with Crippen molar-refractivity contribution >= 4 is 113 Å². The van der Waals surface area contributed by atoms with Crippen molar-refractivity contribution in [2.24, 2.45) is 11.8 Å². The SMILES string of the molecule is CC(C)CCN1C=C/C(=C\c2cc[n+](CCC(C)C)c3ccccc23)c2ccccc21.CCCCN1C=C/C(=C\c2cc[n+](CCCC)c3ccccc23)c2ccccc21.CCN1C=C/C(=C\c2cc[n+](CC)c3ccccc23)c2ccccc21.CCN1C=C/C(=C\c2cc[n+](CC)c3ccccc23)c2ccccc21.[Br-].[Cl-].[I-].[I-]. The molecule has 0 N–H and O–H groups in total. The first-order valence-electron chi connectivity index (χ1n) is 40.7. The Morgan fingerprint density at radius 1 is 0.307 bits per heavy atom. The quantitative estimate of drug-likeness (QED) is 0.0562. The van der Waals surface area contributed by atoms with E-state index in [1.807, 2.05) is 0 Å². The van der Waals surface area contributed by atoms with E-state index < -0.39 is 0 Å². The van der Waals surface area contributed by atoms with E-state index in [0.717, 1.165) is 52.4 Å². The molecule has 114 heavy (non-hydrogen) atoms. The molecule has 12 heteroatoms. The lowest BCUT2D eigenvalue weighted by atomic mass is 9.96. The third-order valence-electron chi connectivity index (χ3n) is 21.7. The van der Waals surface area contributed by atoms with Crippen LogP contribution >= 0.6 is 0 Å². The molecule has 0 aliphatic carbocycles. The zero-order chi connectivity index (χ0) is 76.3. The Bertz CT molecular complexity index is 5330. The van der Waals surface area contributed by atoms with Gasteiger partial charge in [-0.1, -0.05) is 176 Å². The Balaban J connectivity index is 0.000000173. The maximum atomic E-state index is 2.40. The van der Waals surface area contributed by atoms with E-state index in [1.54, 1.807) is 0 Å². The van der Waals surface area contributed by atoms with Gasteiger partial charge in [0, 0.05) is 157 Å². The van der Waals surface area contributed by atoms with Crippen molar-refractivity contribution in [2.75, 3.05) is 45.8 Å². The van der Waals surface area contributed by atoms with Gasteiger partial charge in [0.2, 0.25) is 22.1 Å². The average Bonchev–Trinajstić information content (AvgIpc) is 0.795. The number of hydrogen-bond donors (Lipinski definition) is 0. The second kappa shape index (κ2) is 43.5. The molecule has 0 atom stereocenters. The summed E-state index contributed by atoms with van der Waals surface area (Å²) in [6, 6.07) is 78.7. The molecule has 0 fully saturated rings. The van der Waals surface area contributed by atoms with Crippen LogP contribution in [-0.2, 0) is 26.2 Å². The summed E-state index contributed by atoms with van der Waals surface area (Å²) in [5.41, 5.74) is 25.8. The zero-order valence-electron chi connectivity index (χ0n) is 68.2. The van der Waals surface area contributed by atoms with Crippen molar-refractivity contribution in [1.29, 1.82) is 0 Å². The summed E-state index contributed by atoms with van der Waals surface area (Å²) in [7, 11) is 0. The van der Waals surface area contributed by atoms with Crippen molar-refractivity contribution in [1.82, 2.24) is 0 Å². The van der Waals surface area contributed by atoms with Crippen LogP contribution in [0.15, 0.2) is 292 Å². The molecule has 0 amide bonds. The van der Waals surface area contributed by atoms with Gasteiger partial charge < -0.3 is 96.9 Å². The van der Waals surface area contributed by atoms with Gasteiger partial charge in [-0.25, -0.2) is 0 Å². The fraction of sp³-hybridized carbons (Fsp3) is 0.255. The summed E-state index contributed by atoms with van der Waals surface area (Å²) in [4.78, 5) is 9.37. The average molecular weight is 1820 g/mol. The van der Waals surface area contributed by atoms with E-state index in [9.17, 15) is 0 Å². The molecule has 4 aromatic heterocycles. The number of allylic oxidation sites excluding steroid dienone is 8. The molecule has 8 heterocycles. The standard InChI is InChI=1S/C29H35N2.C27H31N2.2C23H23N2.BrH.ClH.2HI/c1-22(2)13-17-30-19-15-24(26-9-5-7-11-28(26)30)21-25-16-20-31(18-14-23(3)4)29-12-8-6-10-27(25)29;1-3-5-17-28-19-15-22(24-11-7-9-13-26(24)28)21-23-16-20-29(18-6-4-2)27-14-10-8-12-25(23)27;2*1-3-24-15-13-18(20-9-5-7-11-22(20)24)17-19-14-16-25(4-2)23-12-8-6-10-21(19)23;;;;/h5-12,15-16,19-23H,13-14,17-18H2,1-4H3;7-16,19-21H,3-6,17-18H2,1-2H3;2*5-17H,3-4H2,1-2H3;4*1H/q4*+1;;;;/p-4. The number of aryl methyl sites for hydroxylation is 4. The van der Waals surface area contributed by atoms with E-state index in [-0.39, 0.29) is 77.3 Å². The Morgan fingerprint density at radius 2 is 0.588 bits per heavy atom. The van der Waals surface area contributed by atoms with Crippen molar-refractivity contribution in [3.63, 3.8) is 0 Å². The zero-order valence-corrected chi connectivity index (χ0v) is 74.8.